The van der Waals surface area contributed by atoms with Crippen molar-refractivity contribution in [2.24, 2.45) is 0 Å². The molecule has 3 heterocycles. The second kappa shape index (κ2) is 9.13. The molecule has 1 saturated heterocycles. The zero-order valence-corrected chi connectivity index (χ0v) is 20.2. The number of nitriles is 1. The molecule has 2 aromatic carbocycles. The summed E-state index contributed by atoms with van der Waals surface area (Å²) in [5.74, 6) is 0.976. The fraction of sp³-hybridized carbons (Fsp3) is 0.269. The van der Waals surface area contributed by atoms with Crippen molar-refractivity contribution in [2.45, 2.75) is 24.6 Å². The number of thioether (sulfide) groups is 1. The molecular formula is C26H24N4O4S. The van der Waals surface area contributed by atoms with E-state index in [1.807, 2.05) is 30.5 Å². The van der Waals surface area contributed by atoms with Crippen molar-refractivity contribution in [1.82, 2.24) is 14.7 Å². The molecule has 5 rings (SSSR count). The first-order valence-electron chi connectivity index (χ1n) is 11.1. The van der Waals surface area contributed by atoms with Crippen molar-refractivity contribution in [1.29, 1.82) is 5.26 Å². The number of ether oxygens (including phenoxy) is 2. The molecule has 3 aromatic rings. The van der Waals surface area contributed by atoms with Crippen LogP contribution in [-0.4, -0.2) is 45.7 Å². The quantitative estimate of drug-likeness (QED) is 0.566. The Kier molecular flexibility index (Phi) is 6.01. The zero-order chi connectivity index (χ0) is 24.6. The normalized spacial score (nSPS) is 21.6. The van der Waals surface area contributed by atoms with Crippen molar-refractivity contribution < 1.29 is 19.4 Å². The molecule has 35 heavy (non-hydrogen) atoms. The van der Waals surface area contributed by atoms with Crippen LogP contribution in [-0.2, 0) is 17.1 Å². The number of aromatic nitrogens is 2. The number of methoxy groups -OCH3 is 2. The van der Waals surface area contributed by atoms with Crippen LogP contribution in [0, 0.1) is 11.3 Å². The number of hydrogen-bond donors (Lipinski definition) is 1. The van der Waals surface area contributed by atoms with Crippen LogP contribution in [0.1, 0.15) is 29.0 Å². The lowest BCUT2D eigenvalue weighted by molar-refractivity contribution is -0.149. The predicted octanol–water partition coefficient (Wildman–Crippen LogP) is 3.59. The van der Waals surface area contributed by atoms with Crippen LogP contribution < -0.4 is 9.47 Å². The number of rotatable bonds is 6. The van der Waals surface area contributed by atoms with Gasteiger partial charge >= 0.3 is 0 Å². The maximum absolute atomic E-state index is 13.4. The lowest BCUT2D eigenvalue weighted by Gasteiger charge is -2.38. The Morgan fingerprint density at radius 2 is 2.03 bits per heavy atom. The summed E-state index contributed by atoms with van der Waals surface area (Å²) in [6.45, 7) is 0.501. The van der Waals surface area contributed by atoms with Gasteiger partial charge in [-0.2, -0.15) is 10.4 Å². The average Bonchev–Trinajstić information content (AvgIpc) is 3.52. The fourth-order valence-corrected chi connectivity index (χ4v) is 6.05. The molecule has 1 fully saturated rings. The summed E-state index contributed by atoms with van der Waals surface area (Å²) in [5.41, 5.74) is 1.29. The lowest BCUT2D eigenvalue weighted by atomic mass is 9.84. The molecule has 178 valence electrons. The minimum absolute atomic E-state index is 0.0823. The number of fused-ring (bicyclic) bond motifs is 1. The molecule has 8 nitrogen and oxygen atoms in total. The average molecular weight is 489 g/mol. The van der Waals surface area contributed by atoms with Crippen LogP contribution in [0.4, 0.5) is 0 Å². The van der Waals surface area contributed by atoms with E-state index < -0.39 is 11.6 Å². The van der Waals surface area contributed by atoms with Crippen LogP contribution in [0.3, 0.4) is 0 Å². The van der Waals surface area contributed by atoms with Crippen molar-refractivity contribution in [3.05, 3.63) is 88.2 Å². The summed E-state index contributed by atoms with van der Waals surface area (Å²) < 4.78 is 12.5. The van der Waals surface area contributed by atoms with Crippen LogP contribution >= 0.6 is 11.8 Å². The first-order valence-corrected chi connectivity index (χ1v) is 12.1. The lowest BCUT2D eigenvalue weighted by Crippen LogP contribution is -2.48. The summed E-state index contributed by atoms with van der Waals surface area (Å²) >= 11 is 1.33. The molecule has 2 aliphatic rings. The van der Waals surface area contributed by atoms with E-state index >= 15 is 0 Å². The van der Waals surface area contributed by atoms with Crippen LogP contribution in [0.2, 0.25) is 0 Å². The Morgan fingerprint density at radius 3 is 2.69 bits per heavy atom. The number of amides is 1. The SMILES string of the molecule is COc1ccc([C@]2(O)CSC3=C(C#N)[C@@H](c4ccc(OC)c(Cn5cccn5)c4)CC(=O)N32)cc1. The van der Waals surface area contributed by atoms with Gasteiger partial charge in [-0.1, -0.05) is 18.2 Å². The van der Waals surface area contributed by atoms with E-state index in [0.29, 0.717) is 34.2 Å². The molecule has 0 radical (unpaired) electrons. The Balaban J connectivity index is 1.53. The molecule has 1 N–H and O–H groups in total. The minimum atomic E-state index is -1.53. The summed E-state index contributed by atoms with van der Waals surface area (Å²) in [6.07, 6.45) is 3.66. The first kappa shape index (κ1) is 23.0. The molecule has 2 atom stereocenters. The molecule has 0 bridgehead atoms. The van der Waals surface area contributed by atoms with E-state index in [1.165, 1.54) is 16.7 Å². The molecule has 1 amide bonds. The standard InChI is InChI=1S/C26H24N4O4S/c1-33-20-7-5-19(6-8-20)26(32)16-35-25-22(14-27)21(13-24(31)30(25)26)17-4-9-23(34-2)18(12-17)15-29-11-3-10-28-29/h3-12,21,32H,13,15-16H2,1-2H3/t21-,26-/m1/s1. The van der Waals surface area contributed by atoms with E-state index in [1.54, 1.807) is 49.4 Å². The highest BCUT2D eigenvalue weighted by Crippen LogP contribution is 2.52. The van der Waals surface area contributed by atoms with Gasteiger partial charge in [0, 0.05) is 35.9 Å². The van der Waals surface area contributed by atoms with Gasteiger partial charge in [0.15, 0.2) is 5.72 Å². The van der Waals surface area contributed by atoms with E-state index in [9.17, 15) is 15.2 Å². The van der Waals surface area contributed by atoms with Crippen LogP contribution in [0.15, 0.2) is 71.5 Å². The maximum atomic E-state index is 13.4. The van der Waals surface area contributed by atoms with Gasteiger partial charge in [0.25, 0.3) is 0 Å². The summed E-state index contributed by atoms with van der Waals surface area (Å²) in [7, 11) is 3.19. The highest BCUT2D eigenvalue weighted by molar-refractivity contribution is 8.03. The van der Waals surface area contributed by atoms with Gasteiger partial charge in [0.1, 0.15) is 11.5 Å². The third-order valence-electron chi connectivity index (χ3n) is 6.46. The molecule has 0 aliphatic carbocycles. The molecule has 9 heteroatoms. The fourth-order valence-electron chi connectivity index (χ4n) is 4.69. The summed E-state index contributed by atoms with van der Waals surface area (Å²) in [6, 6.07) is 16.9. The van der Waals surface area contributed by atoms with Gasteiger partial charge in [-0.15, -0.1) is 11.8 Å². The highest BCUT2D eigenvalue weighted by atomic mass is 32.2. The van der Waals surface area contributed by atoms with Gasteiger partial charge in [-0.25, -0.2) is 0 Å². The van der Waals surface area contributed by atoms with Gasteiger partial charge in [-0.3, -0.25) is 14.4 Å². The molecular weight excluding hydrogens is 464 g/mol. The monoisotopic (exact) mass is 488 g/mol. The molecule has 1 aromatic heterocycles. The second-order valence-corrected chi connectivity index (χ2v) is 9.39. The summed E-state index contributed by atoms with van der Waals surface area (Å²) in [5, 5.41) is 26.5. The number of hydrogen-bond acceptors (Lipinski definition) is 7. The van der Waals surface area contributed by atoms with Crippen molar-refractivity contribution in [3.8, 4) is 17.6 Å². The van der Waals surface area contributed by atoms with E-state index in [4.69, 9.17) is 9.47 Å². The highest BCUT2D eigenvalue weighted by Gasteiger charge is 2.51. The van der Waals surface area contributed by atoms with Gasteiger partial charge in [0.05, 0.1) is 43.2 Å². The first-order chi connectivity index (χ1) is 17.0. The number of carbonyl (C=O) groups is 1. The molecule has 0 spiro atoms. The Morgan fingerprint density at radius 1 is 1.23 bits per heavy atom. The second-order valence-electron chi connectivity index (χ2n) is 8.43. The third-order valence-corrected chi connectivity index (χ3v) is 7.68. The Labute approximate surface area is 207 Å². The van der Waals surface area contributed by atoms with Crippen LogP contribution in [0.5, 0.6) is 11.5 Å². The number of aliphatic hydroxyl groups is 1. The Hall–Kier alpha value is -3.74. The molecule has 0 unspecified atom stereocenters. The van der Waals surface area contributed by atoms with E-state index in [2.05, 4.69) is 11.2 Å². The number of allylic oxidation sites excluding steroid dienone is 1. The molecule has 0 saturated carbocycles. The van der Waals surface area contributed by atoms with Crippen molar-refractivity contribution in [3.63, 3.8) is 0 Å². The van der Waals surface area contributed by atoms with Crippen LogP contribution in [0.25, 0.3) is 0 Å². The van der Waals surface area contributed by atoms with Gasteiger partial charge in [0.2, 0.25) is 5.91 Å². The Bertz CT molecular complexity index is 1330. The number of nitrogens with zero attached hydrogens (tertiary/aromatic N) is 4. The van der Waals surface area contributed by atoms with Crippen molar-refractivity contribution >= 4 is 17.7 Å². The maximum Gasteiger partial charge on any atom is 0.231 e. The van der Waals surface area contributed by atoms with Gasteiger partial charge < -0.3 is 14.6 Å². The third kappa shape index (κ3) is 3.95. The van der Waals surface area contributed by atoms with E-state index in [0.717, 1.165) is 11.1 Å². The van der Waals surface area contributed by atoms with Gasteiger partial charge in [-0.05, 0) is 35.9 Å². The van der Waals surface area contributed by atoms with Crippen molar-refractivity contribution in [2.75, 3.05) is 20.0 Å². The minimum Gasteiger partial charge on any atom is -0.497 e. The molecule has 2 aliphatic heterocycles. The number of carbonyl (C=O) groups excluding carboxylic acids is 1. The summed E-state index contributed by atoms with van der Waals surface area (Å²) in [4.78, 5) is 14.8. The largest absolute Gasteiger partial charge is 0.497 e. The smallest absolute Gasteiger partial charge is 0.231 e. The predicted molar refractivity (Wildman–Crippen MR) is 131 cm³/mol. The number of benzene rings is 2. The topological polar surface area (TPSA) is 101 Å². The van der Waals surface area contributed by atoms with E-state index in [-0.39, 0.29) is 18.1 Å². The zero-order valence-electron chi connectivity index (χ0n) is 19.3.